The highest BCUT2D eigenvalue weighted by atomic mass is 28.3. The Morgan fingerprint density at radius 2 is 0.676 bits per heavy atom. The number of allylic oxidation sites excluding steroid dienone is 4. The first-order valence-electron chi connectivity index (χ1n) is 48.9. The molecule has 6 aliphatic rings. The van der Waals surface area contributed by atoms with Gasteiger partial charge in [0.15, 0.2) is 36.8 Å². The van der Waals surface area contributed by atoms with Crippen LogP contribution in [0.25, 0.3) is 0 Å². The van der Waals surface area contributed by atoms with Gasteiger partial charge in [0.05, 0.1) is 76.5 Å². The lowest BCUT2D eigenvalue weighted by Gasteiger charge is -2.57. The van der Waals surface area contributed by atoms with Crippen LogP contribution in [0.5, 0.6) is 23.0 Å². The van der Waals surface area contributed by atoms with Crippen molar-refractivity contribution < 1.29 is 130 Å². The molecule has 6 N–H and O–H groups in total. The average molecular weight is 2100 g/mol. The van der Waals surface area contributed by atoms with E-state index in [1.54, 1.807) is 123 Å². The van der Waals surface area contributed by atoms with E-state index in [9.17, 15) is 77.0 Å². The van der Waals surface area contributed by atoms with Crippen molar-refractivity contribution in [3.8, 4) is 23.0 Å². The zero-order chi connectivity index (χ0) is 111. The number of β-lactam (4-membered cyclic amide) rings is 6. The Labute approximate surface area is 871 Å². The largest absolute Gasteiger partial charge is 0.497 e. The number of rotatable bonds is 37. The number of hydrogen-bond acceptors (Lipinski definition) is 24. The number of aldehydes is 1. The van der Waals surface area contributed by atoms with E-state index in [-0.39, 0.29) is 108 Å². The van der Waals surface area contributed by atoms with Crippen molar-refractivity contribution >= 4 is 120 Å². The predicted octanol–water partition coefficient (Wildman–Crippen LogP) is 16.8. The summed E-state index contributed by atoms with van der Waals surface area (Å²) in [4.78, 5) is 193. The van der Waals surface area contributed by atoms with E-state index in [0.29, 0.717) is 56.3 Å². The molecular formula is C110H148N8O27Si3. The normalized spacial score (nSPS) is 19.8. The number of aliphatic carboxylic acids is 3. The van der Waals surface area contributed by atoms with E-state index in [2.05, 4.69) is 144 Å². The van der Waals surface area contributed by atoms with Crippen molar-refractivity contribution in [2.45, 2.75) is 264 Å². The minimum atomic E-state index is -2.17. The van der Waals surface area contributed by atoms with Gasteiger partial charge in [-0.15, -0.1) is 26.3 Å². The second kappa shape index (κ2) is 55.0. The molecule has 0 aromatic heterocycles. The third-order valence-corrected chi connectivity index (χ3v) is 44.3. The second-order valence-corrected chi connectivity index (χ2v) is 56.0. The number of esters is 4. The highest BCUT2D eigenvalue weighted by Gasteiger charge is 2.63. The molecule has 0 aliphatic carbocycles. The zero-order valence-electron chi connectivity index (χ0n) is 89.1. The van der Waals surface area contributed by atoms with E-state index >= 15 is 0 Å². The molecule has 0 unspecified atom stereocenters. The molecule has 10 amide bonds. The van der Waals surface area contributed by atoms with E-state index in [1.807, 2.05) is 115 Å². The van der Waals surface area contributed by atoms with Crippen LogP contribution in [0.2, 0.25) is 54.4 Å². The van der Waals surface area contributed by atoms with E-state index in [0.717, 1.165) is 61.6 Å². The van der Waals surface area contributed by atoms with Crippen LogP contribution >= 0.6 is 0 Å². The maximum absolute atomic E-state index is 12.9. The molecule has 0 bridgehead atoms. The van der Waals surface area contributed by atoms with Crippen molar-refractivity contribution in [3.05, 3.63) is 242 Å². The lowest BCUT2D eigenvalue weighted by molar-refractivity contribution is -0.170. The molecule has 6 heterocycles. The summed E-state index contributed by atoms with van der Waals surface area (Å²) >= 11 is 0. The molecule has 148 heavy (non-hydrogen) atoms. The topological polar surface area (TPSA) is 460 Å². The molecule has 6 saturated heterocycles. The Bertz CT molecular complexity index is 5470. The van der Waals surface area contributed by atoms with Gasteiger partial charge < -0.3 is 87.7 Å². The minimum absolute atomic E-state index is 0.00319. The number of ether oxygens (including phenoxy) is 8. The van der Waals surface area contributed by atoms with Crippen LogP contribution in [0.15, 0.2) is 208 Å². The van der Waals surface area contributed by atoms with Gasteiger partial charge in [-0.3, -0.25) is 38.4 Å². The summed E-state index contributed by atoms with van der Waals surface area (Å²) in [5.41, 5.74) is 5.06. The molecular weight excluding hydrogens is 1950 g/mol. The van der Waals surface area contributed by atoms with Gasteiger partial charge in [0.1, 0.15) is 79.9 Å². The van der Waals surface area contributed by atoms with E-state index < -0.39 is 138 Å². The number of imide groups is 2. The highest BCUT2D eigenvalue weighted by Crippen LogP contribution is 2.49. The van der Waals surface area contributed by atoms with Gasteiger partial charge in [0.2, 0.25) is 35.4 Å². The number of urea groups is 2. The summed E-state index contributed by atoms with van der Waals surface area (Å²) in [5, 5.41) is 33.9. The number of amides is 10. The fourth-order valence-corrected chi connectivity index (χ4v) is 23.8. The van der Waals surface area contributed by atoms with Gasteiger partial charge >= 0.3 is 47.9 Å². The summed E-state index contributed by atoms with van der Waals surface area (Å²) in [6.45, 7) is 51.2. The predicted molar refractivity (Wildman–Crippen MR) is 564 cm³/mol. The first kappa shape index (κ1) is 123. The van der Waals surface area contributed by atoms with Gasteiger partial charge in [-0.2, -0.15) is 0 Å². The smallest absolute Gasteiger partial charge is 0.330 e. The Kier molecular flexibility index (Phi) is 45.6. The number of methoxy groups -OCH3 is 4. The van der Waals surface area contributed by atoms with Gasteiger partial charge in [0.25, 0.3) is 5.97 Å². The standard InChI is InChI=1S/C25H28N2O5.C24H26N2O6.C21H31NO4Si.C15H17NO4.C13H23NO3Si.C10H19NO3Si.C2H4O2/c1-4-9-20-22(24(29)32-16-17-12-14-19(31-3)15-13-17)27(23(20)28)25(30)26-21(5-2)18-10-7-6-8-11-18;1-3-20(17-7-5-4-6-8-17)25-24(30)26-21(19(13-14-27)22(26)28)23(29)32-15-16-9-11-18(31-2)12-10-16;1-8-9-17-18(22(19(17)23)27(6,7)21(2,3)4)20(24)26-14-15-10-12-16(25-5)13-11-15;1-3-4-12-13(16-14(12)17)15(18)20-9-10-5-7-11(19-2)8-6-10;1-7-8-9-10(12(16)17)14(11(9)15)18(5,6)13(2,3)4;1-10(2,3)15(4,5)11-7(9(13)14)6-8(11)12;1-2(3)4/h4,6-8,10-15,20-22H,1,5,9,16H2,2-3H3,(H,26,30);4-12,14,19-21H,3,13,15H2,1-2H3,(H,25,30);8,10-13,17-18H,1,9,14H2,2-7H3;3,5-8,12-13H,1,4,9H2,2H3,(H,16,17);7,9-10H,1,8H2,2-6H3,(H,16,17);7H,6H2,1-5H3,(H,13,14);1H3,(H,3,4)/t20-,21-,22+;19-,20-,21+;17-,18+;12-,13+;9-,10+;7-;/m111110./s1. The number of nitrogens with zero attached hydrogens (tertiary/aromatic N) is 5. The lowest BCUT2D eigenvalue weighted by atomic mass is 9.85. The minimum Gasteiger partial charge on any atom is -0.497 e. The number of carboxylic acid groups (broad SMARTS) is 3. The van der Waals surface area contributed by atoms with Crippen LogP contribution in [-0.4, -0.2) is 224 Å². The van der Waals surface area contributed by atoms with Crippen LogP contribution < -0.4 is 34.9 Å². The molecule has 6 aromatic rings. The monoisotopic (exact) mass is 2100 g/mol. The van der Waals surface area contributed by atoms with Crippen molar-refractivity contribution in [1.82, 2.24) is 39.4 Å². The molecule has 35 nitrogen and oxygen atoms in total. The maximum Gasteiger partial charge on any atom is 0.330 e. The SMILES string of the molecule is C=CC[C@H]1C(=O)N(C(=O)N[C@H](CC)c2ccccc2)[C@@H]1C(=O)OCc1ccc(OC)cc1.C=CC[C@H]1C(=O)N([Si](C)(C)C(C)(C)C)[C@@H]1C(=O)O.C=CC[C@H]1C(=O)N([Si](C)(C)C(C)(C)C)[C@@H]1C(=O)OCc1ccc(OC)cc1.C=CC[C@H]1C(=O)N[C@@H]1C(=O)OCc1ccc(OC)cc1.CC(=O)O.CC(C)(C)[Si](C)(C)N1C(=O)C[C@H]1C(=O)O.CC[C@@H](NC(=O)N1C(=O)[C@H](CC=O)[C@H]1C(=O)OCc1ccc(OC)cc1)c1ccccc1. The van der Waals surface area contributed by atoms with Crippen LogP contribution in [-0.2, 0) is 112 Å². The summed E-state index contributed by atoms with van der Waals surface area (Å²) < 4.78 is 47.1. The van der Waals surface area contributed by atoms with Crippen molar-refractivity contribution in [3.63, 3.8) is 0 Å². The molecule has 0 spiro atoms. The van der Waals surface area contributed by atoms with E-state index in [4.69, 9.17) is 52.9 Å². The number of likely N-dealkylation sites (tertiary alicyclic amines) is 2. The van der Waals surface area contributed by atoms with Crippen LogP contribution in [0.1, 0.15) is 180 Å². The zero-order valence-corrected chi connectivity index (χ0v) is 92.1. The van der Waals surface area contributed by atoms with Gasteiger partial charge in [-0.25, -0.2) is 43.4 Å². The summed E-state index contributed by atoms with van der Waals surface area (Å²) in [6, 6.07) is 41.2. The quantitative estimate of drug-likeness (QED) is 0.00527. The molecule has 6 aliphatic heterocycles. The maximum atomic E-state index is 12.9. The third-order valence-electron chi connectivity index (χ3n) is 28.1. The number of carbonyl (C=O) groups excluding carboxylic acids is 13. The van der Waals surface area contributed by atoms with Gasteiger partial charge in [-0.1, -0.05) is 249 Å². The third kappa shape index (κ3) is 31.0. The summed E-state index contributed by atoms with van der Waals surface area (Å²) in [7, 11) is 0.0347. The highest BCUT2D eigenvalue weighted by molar-refractivity contribution is 6.81. The van der Waals surface area contributed by atoms with Crippen molar-refractivity contribution in [2.24, 2.45) is 29.6 Å². The Morgan fingerprint density at radius 3 is 0.946 bits per heavy atom. The van der Waals surface area contributed by atoms with Crippen LogP contribution in [0.4, 0.5) is 9.59 Å². The molecule has 13 atom stereocenters. The molecule has 802 valence electrons. The number of carbonyl (C=O) groups is 16. The van der Waals surface area contributed by atoms with Crippen molar-refractivity contribution in [2.75, 3.05) is 28.4 Å². The van der Waals surface area contributed by atoms with Gasteiger partial charge in [-0.05, 0) is 136 Å². The second-order valence-electron chi connectivity index (χ2n) is 40.7. The number of hydrogen-bond donors (Lipinski definition) is 6. The molecule has 0 saturated carbocycles. The Morgan fingerprint density at radius 1 is 0.399 bits per heavy atom. The molecule has 6 fully saturated rings. The van der Waals surface area contributed by atoms with Gasteiger partial charge in [0, 0.05) is 13.3 Å². The fourth-order valence-electron chi connectivity index (χ4n) is 16.5. The van der Waals surface area contributed by atoms with Crippen LogP contribution in [0, 0.1) is 29.6 Å². The Hall–Kier alpha value is -14.1. The Balaban J connectivity index is 0.000000274. The lowest BCUT2D eigenvalue weighted by Crippen LogP contribution is -2.74. The number of nitrogens with one attached hydrogen (secondary N) is 3. The molecule has 0 radical (unpaired) electrons. The number of carboxylic acids is 3. The first-order valence-corrected chi connectivity index (χ1v) is 57.8. The first-order chi connectivity index (χ1) is 69.6. The summed E-state index contributed by atoms with van der Waals surface area (Å²) in [6.07, 6.45) is 10.1. The molecule has 12 rings (SSSR count). The molecule has 6 aromatic carbocycles. The average Bonchev–Trinajstić information content (AvgIpc) is 0.723. The van der Waals surface area contributed by atoms with E-state index in [1.165, 1.54) is 0 Å². The number of benzene rings is 6. The summed E-state index contributed by atoms with van der Waals surface area (Å²) in [5.74, 6) is -5.59. The molecule has 38 heteroatoms. The van der Waals surface area contributed by atoms with Crippen LogP contribution in [0.3, 0.4) is 0 Å². The van der Waals surface area contributed by atoms with Crippen molar-refractivity contribution in [1.29, 1.82) is 0 Å². The fraction of sp³-hybridized carbons (Fsp3) is 0.455.